The highest BCUT2D eigenvalue weighted by Crippen LogP contribution is 2.53. The summed E-state index contributed by atoms with van der Waals surface area (Å²) >= 11 is 3.31. The van der Waals surface area contributed by atoms with E-state index in [-0.39, 0.29) is 30.2 Å². The number of carbonyl (C=O) groups excluding carboxylic acids is 3. The van der Waals surface area contributed by atoms with E-state index >= 15 is 0 Å². The zero-order valence-electron chi connectivity index (χ0n) is 13.4. The molecule has 0 aromatic heterocycles. The molecule has 1 aromatic rings. The van der Waals surface area contributed by atoms with Crippen LogP contribution in [0.25, 0.3) is 0 Å². The fourth-order valence-corrected chi connectivity index (χ4v) is 4.32. The lowest BCUT2D eigenvalue weighted by atomic mass is 9.79. The van der Waals surface area contributed by atoms with Crippen molar-refractivity contribution in [1.29, 1.82) is 0 Å². The molecule has 0 spiro atoms. The van der Waals surface area contributed by atoms with Gasteiger partial charge in [-0.2, -0.15) is 0 Å². The van der Waals surface area contributed by atoms with E-state index in [0.717, 1.165) is 23.7 Å². The quantitative estimate of drug-likeness (QED) is 0.566. The molecule has 2 aliphatic rings. The van der Waals surface area contributed by atoms with Crippen molar-refractivity contribution >= 4 is 33.7 Å². The first-order chi connectivity index (χ1) is 11.5. The van der Waals surface area contributed by atoms with Gasteiger partial charge in [0, 0.05) is 10.0 Å². The lowest BCUT2D eigenvalue weighted by Crippen LogP contribution is -2.37. The second kappa shape index (κ2) is 7.05. The lowest BCUT2D eigenvalue weighted by molar-refractivity contribution is -0.161. The number of methoxy groups -OCH3 is 1. The third-order valence-corrected chi connectivity index (χ3v) is 5.70. The minimum atomic E-state index is -0.478. The summed E-state index contributed by atoms with van der Waals surface area (Å²) in [6, 6.07) is 6.88. The number of fused-ring (bicyclic) bond motifs is 2. The predicted octanol–water partition coefficient (Wildman–Crippen LogP) is 3.01. The van der Waals surface area contributed by atoms with Crippen molar-refractivity contribution in [1.82, 2.24) is 0 Å². The van der Waals surface area contributed by atoms with Crippen molar-refractivity contribution < 1.29 is 23.9 Å². The minimum Gasteiger partial charge on any atom is -0.469 e. The van der Waals surface area contributed by atoms with Crippen molar-refractivity contribution in [2.45, 2.75) is 19.3 Å². The number of carbonyl (C=O) groups is 3. The molecule has 1 aromatic carbocycles. The maximum absolute atomic E-state index is 12.5. The van der Waals surface area contributed by atoms with Crippen LogP contribution in [0.5, 0.6) is 0 Å². The van der Waals surface area contributed by atoms with Gasteiger partial charge < -0.3 is 9.47 Å². The van der Waals surface area contributed by atoms with E-state index in [9.17, 15) is 14.4 Å². The Balaban J connectivity index is 1.63. The van der Waals surface area contributed by atoms with Crippen molar-refractivity contribution in [3.8, 4) is 0 Å². The zero-order chi connectivity index (χ0) is 17.3. The maximum atomic E-state index is 12.5. The smallest absolute Gasteiger partial charge is 0.310 e. The number of hydrogen-bond acceptors (Lipinski definition) is 5. The Morgan fingerprint density at radius 2 is 1.62 bits per heavy atom. The molecule has 2 aliphatic carbocycles. The fourth-order valence-electron chi connectivity index (χ4n) is 4.06. The molecule has 2 fully saturated rings. The second-order valence-electron chi connectivity index (χ2n) is 6.45. The third kappa shape index (κ3) is 3.24. The monoisotopic (exact) mass is 394 g/mol. The average Bonchev–Trinajstić information content (AvgIpc) is 3.20. The molecule has 2 bridgehead atoms. The topological polar surface area (TPSA) is 69.7 Å². The lowest BCUT2D eigenvalue weighted by Gasteiger charge is -2.27. The molecule has 6 heteroatoms. The molecule has 0 radical (unpaired) electrons. The Kier molecular flexibility index (Phi) is 5.04. The molecule has 0 aliphatic heterocycles. The average molecular weight is 395 g/mol. The van der Waals surface area contributed by atoms with Crippen LogP contribution in [0.3, 0.4) is 0 Å². The SMILES string of the molecule is COC(=O)[C@@H]1[C@H]2CC[C@@H](C2)[C@H]1C(=O)OCC(=O)c1ccc(Br)cc1. The van der Waals surface area contributed by atoms with Gasteiger partial charge in [0.25, 0.3) is 0 Å². The van der Waals surface area contributed by atoms with Gasteiger partial charge in [-0.3, -0.25) is 14.4 Å². The van der Waals surface area contributed by atoms with E-state index in [4.69, 9.17) is 9.47 Å². The van der Waals surface area contributed by atoms with Gasteiger partial charge in [0.1, 0.15) is 0 Å². The van der Waals surface area contributed by atoms with Crippen LogP contribution in [0.2, 0.25) is 0 Å². The molecule has 5 nitrogen and oxygen atoms in total. The van der Waals surface area contributed by atoms with Crippen LogP contribution < -0.4 is 0 Å². The van der Waals surface area contributed by atoms with E-state index in [0.29, 0.717) is 5.56 Å². The van der Waals surface area contributed by atoms with Gasteiger partial charge in [0.15, 0.2) is 12.4 Å². The number of ether oxygens (including phenoxy) is 2. The molecule has 0 amide bonds. The first kappa shape index (κ1) is 17.1. The van der Waals surface area contributed by atoms with Gasteiger partial charge in [0.2, 0.25) is 0 Å². The summed E-state index contributed by atoms with van der Waals surface area (Å²) in [5.74, 6) is -1.60. The predicted molar refractivity (Wildman–Crippen MR) is 89.3 cm³/mol. The van der Waals surface area contributed by atoms with Gasteiger partial charge in [-0.05, 0) is 43.2 Å². The van der Waals surface area contributed by atoms with Gasteiger partial charge in [0.05, 0.1) is 18.9 Å². The van der Waals surface area contributed by atoms with Crippen LogP contribution in [-0.4, -0.2) is 31.4 Å². The van der Waals surface area contributed by atoms with E-state index in [1.54, 1.807) is 24.3 Å². The Morgan fingerprint density at radius 1 is 1.04 bits per heavy atom. The van der Waals surface area contributed by atoms with Gasteiger partial charge in [-0.15, -0.1) is 0 Å². The summed E-state index contributed by atoms with van der Waals surface area (Å²) in [6.07, 6.45) is 2.74. The Hall–Kier alpha value is -1.69. The standard InChI is InChI=1S/C18H19BrO5/c1-23-17(21)15-11-2-3-12(8-11)16(15)18(22)24-9-14(20)10-4-6-13(19)7-5-10/h4-7,11-12,15-16H,2-3,8-9H2,1H3/t11-,12-,15+,16+/m0/s1. The molecule has 2 saturated carbocycles. The minimum absolute atomic E-state index is 0.161. The molecule has 0 heterocycles. The fraction of sp³-hybridized carbons (Fsp3) is 0.500. The molecular weight excluding hydrogens is 376 g/mol. The number of rotatable bonds is 5. The van der Waals surface area contributed by atoms with E-state index < -0.39 is 17.8 Å². The summed E-state index contributed by atoms with van der Waals surface area (Å²) in [4.78, 5) is 36.6. The number of ketones is 1. The van der Waals surface area contributed by atoms with Gasteiger partial charge >= 0.3 is 11.9 Å². The number of halogens is 1. The highest BCUT2D eigenvalue weighted by atomic mass is 79.9. The molecule has 24 heavy (non-hydrogen) atoms. The molecular formula is C18H19BrO5. The zero-order valence-corrected chi connectivity index (χ0v) is 15.0. The first-order valence-corrected chi connectivity index (χ1v) is 8.83. The Labute approximate surface area is 148 Å². The summed E-state index contributed by atoms with van der Waals surface area (Å²) in [6.45, 7) is -0.303. The van der Waals surface area contributed by atoms with E-state index in [1.165, 1.54) is 7.11 Å². The number of benzene rings is 1. The van der Waals surface area contributed by atoms with Gasteiger partial charge in [-0.25, -0.2) is 0 Å². The summed E-state index contributed by atoms with van der Waals surface area (Å²) in [7, 11) is 1.34. The van der Waals surface area contributed by atoms with Crippen LogP contribution in [0.4, 0.5) is 0 Å². The van der Waals surface area contributed by atoms with Crippen molar-refractivity contribution in [3.63, 3.8) is 0 Å². The van der Waals surface area contributed by atoms with Crippen molar-refractivity contribution in [3.05, 3.63) is 34.3 Å². The van der Waals surface area contributed by atoms with Crippen LogP contribution >= 0.6 is 15.9 Å². The van der Waals surface area contributed by atoms with Crippen molar-refractivity contribution in [2.75, 3.05) is 13.7 Å². The molecule has 3 rings (SSSR count). The molecule has 128 valence electrons. The van der Waals surface area contributed by atoms with E-state index in [2.05, 4.69) is 15.9 Å². The molecule has 0 unspecified atom stereocenters. The summed E-state index contributed by atoms with van der Waals surface area (Å²) in [5, 5.41) is 0. The largest absolute Gasteiger partial charge is 0.469 e. The first-order valence-electron chi connectivity index (χ1n) is 8.04. The Morgan fingerprint density at radius 3 is 2.21 bits per heavy atom. The molecule has 0 saturated heterocycles. The number of hydrogen-bond donors (Lipinski definition) is 0. The number of Topliss-reactive ketones (excluding diaryl/α,β-unsaturated/α-hetero) is 1. The van der Waals surface area contributed by atoms with Crippen LogP contribution in [0.15, 0.2) is 28.7 Å². The summed E-state index contributed by atoms with van der Waals surface area (Å²) < 4.78 is 11.0. The van der Waals surface area contributed by atoms with Crippen LogP contribution in [-0.2, 0) is 19.1 Å². The third-order valence-electron chi connectivity index (χ3n) is 5.17. The number of esters is 2. The van der Waals surface area contributed by atoms with Gasteiger partial charge in [-0.1, -0.05) is 28.1 Å². The molecule has 4 atom stereocenters. The Bertz CT molecular complexity index is 654. The van der Waals surface area contributed by atoms with E-state index in [1.807, 2.05) is 0 Å². The second-order valence-corrected chi connectivity index (χ2v) is 7.36. The molecule has 0 N–H and O–H groups in total. The normalized spacial score (nSPS) is 27.8. The van der Waals surface area contributed by atoms with Crippen LogP contribution in [0, 0.1) is 23.7 Å². The maximum Gasteiger partial charge on any atom is 0.310 e. The van der Waals surface area contributed by atoms with Crippen LogP contribution in [0.1, 0.15) is 29.6 Å². The highest BCUT2D eigenvalue weighted by molar-refractivity contribution is 9.10. The van der Waals surface area contributed by atoms with Crippen molar-refractivity contribution in [2.24, 2.45) is 23.7 Å². The summed E-state index contributed by atoms with van der Waals surface area (Å²) in [5.41, 5.74) is 0.489. The highest BCUT2D eigenvalue weighted by Gasteiger charge is 2.55.